The molecule has 0 aliphatic heterocycles. The number of imidazole rings is 1. The number of pyridine rings is 1. The first kappa shape index (κ1) is 20.1. The third kappa shape index (κ3) is 3.36. The Labute approximate surface area is 194 Å². The lowest BCUT2D eigenvalue weighted by Gasteiger charge is -2.05. The van der Waals surface area contributed by atoms with E-state index in [-0.39, 0.29) is 11.6 Å². The molecule has 6 aromatic rings. The Kier molecular flexibility index (Phi) is 4.59. The third-order valence-corrected chi connectivity index (χ3v) is 6.04. The van der Waals surface area contributed by atoms with Gasteiger partial charge in [0.1, 0.15) is 17.2 Å². The fourth-order valence-corrected chi connectivity index (χ4v) is 4.34. The molecule has 0 saturated carbocycles. The van der Waals surface area contributed by atoms with Crippen LogP contribution in [-0.2, 0) is 0 Å². The zero-order valence-electron chi connectivity index (χ0n) is 18.3. The number of nitrogens with zero attached hydrogens (tertiary/aromatic N) is 2. The Morgan fingerprint density at radius 2 is 1.59 bits per heavy atom. The highest BCUT2D eigenvalue weighted by Gasteiger charge is 2.16. The summed E-state index contributed by atoms with van der Waals surface area (Å²) < 4.78 is 13.2. The van der Waals surface area contributed by atoms with Crippen LogP contribution in [0.1, 0.15) is 21.7 Å². The molecule has 0 radical (unpaired) electrons. The number of hydrogen-bond donors (Lipinski definition) is 2. The van der Waals surface area contributed by atoms with Gasteiger partial charge in [-0.25, -0.2) is 9.37 Å². The van der Waals surface area contributed by atoms with E-state index in [0.717, 1.165) is 50.1 Å². The van der Waals surface area contributed by atoms with E-state index in [4.69, 9.17) is 0 Å². The number of carbonyl (C=O) groups is 1. The lowest BCUT2D eigenvalue weighted by Crippen LogP contribution is -2.00. The Morgan fingerprint density at radius 1 is 0.853 bits per heavy atom. The highest BCUT2D eigenvalue weighted by molar-refractivity contribution is 6.16. The van der Waals surface area contributed by atoms with E-state index in [9.17, 15) is 9.18 Å². The van der Waals surface area contributed by atoms with Gasteiger partial charge in [0, 0.05) is 40.0 Å². The van der Waals surface area contributed by atoms with Gasteiger partial charge in [-0.3, -0.25) is 9.78 Å². The number of halogens is 1. The first-order valence-electron chi connectivity index (χ1n) is 10.9. The van der Waals surface area contributed by atoms with Crippen LogP contribution in [0.5, 0.6) is 0 Å². The number of benzene rings is 3. The van der Waals surface area contributed by atoms with Crippen LogP contribution in [0.15, 0.2) is 85.2 Å². The Hall–Kier alpha value is -4.58. The average molecular weight is 446 g/mol. The van der Waals surface area contributed by atoms with Crippen molar-refractivity contribution in [1.82, 2.24) is 19.9 Å². The van der Waals surface area contributed by atoms with E-state index in [0.29, 0.717) is 11.1 Å². The maximum atomic E-state index is 13.3. The summed E-state index contributed by atoms with van der Waals surface area (Å²) in [5.74, 6) is 0.502. The molecule has 0 amide bonds. The van der Waals surface area contributed by atoms with E-state index in [2.05, 4.69) is 19.9 Å². The number of ketones is 1. The molecule has 0 fully saturated rings. The van der Waals surface area contributed by atoms with Gasteiger partial charge in [-0.1, -0.05) is 48.5 Å². The molecule has 6 heteroatoms. The van der Waals surface area contributed by atoms with Crippen molar-refractivity contribution >= 4 is 27.7 Å². The molecule has 0 spiro atoms. The summed E-state index contributed by atoms with van der Waals surface area (Å²) in [7, 11) is 0. The molecule has 0 atom stereocenters. The molecule has 6 rings (SSSR count). The van der Waals surface area contributed by atoms with Crippen molar-refractivity contribution in [1.29, 1.82) is 0 Å². The van der Waals surface area contributed by atoms with Crippen LogP contribution in [0.4, 0.5) is 4.39 Å². The van der Waals surface area contributed by atoms with Gasteiger partial charge in [-0.15, -0.1) is 0 Å². The van der Waals surface area contributed by atoms with Crippen molar-refractivity contribution in [2.75, 3.05) is 0 Å². The summed E-state index contributed by atoms with van der Waals surface area (Å²) in [6, 6.07) is 21.6. The summed E-state index contributed by atoms with van der Waals surface area (Å²) in [5, 5.41) is 0.846. The number of aromatic nitrogens is 4. The summed E-state index contributed by atoms with van der Waals surface area (Å²) in [6.07, 6.45) is 3.49. The van der Waals surface area contributed by atoms with Crippen molar-refractivity contribution in [3.8, 4) is 22.4 Å². The molecule has 0 aliphatic rings. The average Bonchev–Trinajstić information content (AvgIpc) is 3.46. The van der Waals surface area contributed by atoms with Gasteiger partial charge in [0.05, 0.1) is 11.2 Å². The van der Waals surface area contributed by atoms with Gasteiger partial charge in [0.2, 0.25) is 0 Å². The first-order chi connectivity index (χ1) is 16.6. The number of carbonyl (C=O) groups excluding carboxylic acids is 1. The highest BCUT2D eigenvalue weighted by atomic mass is 19.1. The van der Waals surface area contributed by atoms with Gasteiger partial charge in [-0.2, -0.15) is 0 Å². The van der Waals surface area contributed by atoms with E-state index in [1.54, 1.807) is 24.5 Å². The maximum absolute atomic E-state index is 13.3. The Morgan fingerprint density at radius 3 is 2.38 bits per heavy atom. The molecular weight excluding hydrogens is 427 g/mol. The summed E-state index contributed by atoms with van der Waals surface area (Å²) in [4.78, 5) is 28.8. The molecule has 5 nitrogen and oxygen atoms in total. The molecule has 0 saturated heterocycles. The molecule has 2 N–H and O–H groups in total. The monoisotopic (exact) mass is 446 g/mol. The molecule has 3 heterocycles. The highest BCUT2D eigenvalue weighted by Crippen LogP contribution is 2.29. The molecule has 0 unspecified atom stereocenters. The molecule has 34 heavy (non-hydrogen) atoms. The predicted molar refractivity (Wildman–Crippen MR) is 131 cm³/mol. The van der Waals surface area contributed by atoms with E-state index in [1.165, 1.54) is 12.1 Å². The smallest absolute Gasteiger partial charge is 0.195 e. The summed E-state index contributed by atoms with van der Waals surface area (Å²) >= 11 is 0. The van der Waals surface area contributed by atoms with Crippen LogP contribution in [-0.4, -0.2) is 25.7 Å². The van der Waals surface area contributed by atoms with Gasteiger partial charge in [-0.05, 0) is 42.3 Å². The van der Waals surface area contributed by atoms with Gasteiger partial charge in [0.25, 0.3) is 0 Å². The molecule has 0 aliphatic carbocycles. The molecule has 164 valence electrons. The first-order valence-corrected chi connectivity index (χ1v) is 10.9. The number of fused-ring (bicyclic) bond motifs is 2. The second-order valence-corrected chi connectivity index (χ2v) is 8.25. The van der Waals surface area contributed by atoms with Crippen molar-refractivity contribution in [3.63, 3.8) is 0 Å². The molecular formula is C28H19FN4O. The van der Waals surface area contributed by atoms with Crippen molar-refractivity contribution < 1.29 is 9.18 Å². The second-order valence-electron chi connectivity index (χ2n) is 8.25. The second kappa shape index (κ2) is 7.78. The number of aromatic amines is 2. The zero-order chi connectivity index (χ0) is 23.2. The fourth-order valence-electron chi connectivity index (χ4n) is 4.34. The van der Waals surface area contributed by atoms with Gasteiger partial charge < -0.3 is 9.97 Å². The van der Waals surface area contributed by atoms with Crippen molar-refractivity contribution in [3.05, 3.63) is 108 Å². The quantitative estimate of drug-likeness (QED) is 0.306. The number of rotatable bonds is 4. The summed E-state index contributed by atoms with van der Waals surface area (Å²) in [6.45, 7) is 1.91. The molecule has 0 bridgehead atoms. The Balaban J connectivity index is 1.32. The number of nitrogens with one attached hydrogen (secondary N) is 2. The Bertz CT molecular complexity index is 1680. The predicted octanol–water partition coefficient (Wildman–Crippen LogP) is 6.45. The maximum Gasteiger partial charge on any atom is 0.195 e. The molecule has 3 aromatic heterocycles. The van der Waals surface area contributed by atoms with Crippen LogP contribution in [0, 0.1) is 12.7 Å². The number of H-pyrrole nitrogens is 2. The van der Waals surface area contributed by atoms with Gasteiger partial charge in [0.15, 0.2) is 5.78 Å². The summed E-state index contributed by atoms with van der Waals surface area (Å²) in [5.41, 5.74) is 7.35. The van der Waals surface area contributed by atoms with Crippen molar-refractivity contribution in [2.45, 2.75) is 6.92 Å². The minimum atomic E-state index is -0.268. The van der Waals surface area contributed by atoms with Crippen LogP contribution >= 0.6 is 0 Å². The van der Waals surface area contributed by atoms with Crippen LogP contribution in [0.2, 0.25) is 0 Å². The fraction of sp³-hybridized carbons (Fsp3) is 0.0357. The van der Waals surface area contributed by atoms with E-state index in [1.807, 2.05) is 55.5 Å². The third-order valence-electron chi connectivity index (χ3n) is 6.04. The molecule has 3 aromatic carbocycles. The lowest BCUT2D eigenvalue weighted by atomic mass is 9.98. The van der Waals surface area contributed by atoms with Crippen molar-refractivity contribution in [2.24, 2.45) is 0 Å². The SMILES string of the molecule is Cc1nc2c(-c3ccc(C(=O)c4c[nH]c5cc(-c6ccc(F)cc6)ccc45)cc3)nccc2[nH]1. The van der Waals surface area contributed by atoms with Crippen LogP contribution in [0.3, 0.4) is 0 Å². The zero-order valence-corrected chi connectivity index (χ0v) is 18.3. The minimum absolute atomic E-state index is 0.0610. The number of aryl methyl sites for hydroxylation is 1. The van der Waals surface area contributed by atoms with E-state index >= 15 is 0 Å². The number of hydrogen-bond acceptors (Lipinski definition) is 3. The van der Waals surface area contributed by atoms with E-state index < -0.39 is 0 Å². The topological polar surface area (TPSA) is 74.4 Å². The van der Waals surface area contributed by atoms with Gasteiger partial charge >= 0.3 is 0 Å². The standard InChI is InChI=1S/C28H19FN4O/c1-16-32-24-12-13-30-26(27(24)33-16)18-2-4-19(5-3-18)28(34)23-15-31-25-14-20(8-11-22(23)25)17-6-9-21(29)10-7-17/h2-15,31H,1H3,(H,32,33). The van der Waals surface area contributed by atoms with Crippen LogP contribution in [0.25, 0.3) is 44.3 Å². The normalized spacial score (nSPS) is 11.4. The van der Waals surface area contributed by atoms with Crippen LogP contribution < -0.4 is 0 Å². The lowest BCUT2D eigenvalue weighted by molar-refractivity contribution is 0.104. The largest absolute Gasteiger partial charge is 0.360 e. The minimum Gasteiger partial charge on any atom is -0.360 e.